The van der Waals surface area contributed by atoms with Crippen molar-refractivity contribution in [3.8, 4) is 0 Å². The summed E-state index contributed by atoms with van der Waals surface area (Å²) >= 11 is 1.50. The lowest BCUT2D eigenvalue weighted by atomic mass is 9.79. The maximum Gasteiger partial charge on any atom is 0.353 e. The van der Waals surface area contributed by atoms with Gasteiger partial charge in [-0.2, -0.15) is 0 Å². The topological polar surface area (TPSA) is 142 Å². The number of nitrogens with two attached hydrogens (primary N) is 1. The average molecular weight is 428 g/mol. The van der Waals surface area contributed by atoms with Crippen LogP contribution in [0.25, 0.3) is 0 Å². The molecule has 0 aromatic heterocycles. The number of esters is 1. The molecule has 5 N–H and O–H groups in total. The van der Waals surface area contributed by atoms with Gasteiger partial charge in [-0.1, -0.05) is 6.92 Å². The smallest absolute Gasteiger partial charge is 0.353 e. The van der Waals surface area contributed by atoms with E-state index in [0.29, 0.717) is 17.9 Å². The summed E-state index contributed by atoms with van der Waals surface area (Å²) in [5.74, 6) is -2.48. The highest BCUT2D eigenvalue weighted by molar-refractivity contribution is 8.03. The Labute approximate surface area is 174 Å². The van der Waals surface area contributed by atoms with Crippen molar-refractivity contribution in [3.05, 3.63) is 10.6 Å². The van der Waals surface area contributed by atoms with E-state index in [1.54, 1.807) is 6.92 Å². The number of carboxylic acids is 1. The second-order valence-corrected chi connectivity index (χ2v) is 9.40. The van der Waals surface area contributed by atoms with E-state index in [-0.39, 0.29) is 53.5 Å². The molecule has 29 heavy (non-hydrogen) atoms. The standard InChI is InChI=1S/C19H29N3O6S/c1-8-15-14(9(2)23)18(25)22(15)16(19(26)27)17(8)29-13-5-11(21-7-13)4-12(6-20)28-10(3)24/h8-9,11-15,21,23H,4-7,20H2,1-3H3,(H,26,27)/t8-,9-,11-,12?,13+,14-,15-/m1/s1. The summed E-state index contributed by atoms with van der Waals surface area (Å²) in [5, 5.41) is 23.2. The van der Waals surface area contributed by atoms with Crippen LogP contribution in [-0.2, 0) is 19.1 Å². The van der Waals surface area contributed by atoms with Gasteiger partial charge >= 0.3 is 11.9 Å². The van der Waals surface area contributed by atoms with Crippen LogP contribution in [0.15, 0.2) is 10.6 Å². The van der Waals surface area contributed by atoms with E-state index in [2.05, 4.69) is 5.32 Å². The lowest BCUT2D eigenvalue weighted by molar-refractivity contribution is -0.163. The van der Waals surface area contributed by atoms with Crippen molar-refractivity contribution in [1.82, 2.24) is 10.2 Å². The Morgan fingerprint density at radius 1 is 1.45 bits per heavy atom. The van der Waals surface area contributed by atoms with Gasteiger partial charge in [-0.05, 0) is 13.3 Å². The minimum atomic E-state index is -1.11. The van der Waals surface area contributed by atoms with Gasteiger partial charge in [0.05, 0.1) is 18.1 Å². The first kappa shape index (κ1) is 22.1. The number of hydrogen-bond donors (Lipinski definition) is 4. The monoisotopic (exact) mass is 427 g/mol. The van der Waals surface area contributed by atoms with Gasteiger partial charge in [0.1, 0.15) is 11.8 Å². The lowest BCUT2D eigenvalue weighted by Gasteiger charge is -2.46. The van der Waals surface area contributed by atoms with E-state index in [0.717, 1.165) is 6.42 Å². The fraction of sp³-hybridized carbons (Fsp3) is 0.737. The van der Waals surface area contributed by atoms with Crippen LogP contribution in [0.1, 0.15) is 33.6 Å². The number of nitrogens with one attached hydrogen (secondary N) is 1. The number of carboxylic acid groups (broad SMARTS) is 1. The van der Waals surface area contributed by atoms with Gasteiger partial charge in [0, 0.05) is 48.5 Å². The average Bonchev–Trinajstić information content (AvgIpc) is 3.15. The van der Waals surface area contributed by atoms with Crippen LogP contribution < -0.4 is 11.1 Å². The second-order valence-electron chi connectivity index (χ2n) is 8.06. The van der Waals surface area contributed by atoms with Crippen LogP contribution in [0.5, 0.6) is 0 Å². The van der Waals surface area contributed by atoms with E-state index in [1.165, 1.54) is 23.6 Å². The third-order valence-electron chi connectivity index (χ3n) is 5.93. The molecule has 9 nitrogen and oxygen atoms in total. The van der Waals surface area contributed by atoms with Crippen molar-refractivity contribution in [3.63, 3.8) is 0 Å². The van der Waals surface area contributed by atoms with Crippen LogP contribution in [0.4, 0.5) is 0 Å². The van der Waals surface area contributed by atoms with Crippen molar-refractivity contribution >= 4 is 29.6 Å². The molecule has 10 heteroatoms. The number of amides is 1. The Morgan fingerprint density at radius 2 is 2.14 bits per heavy atom. The first-order valence-corrected chi connectivity index (χ1v) is 10.8. The number of carbonyl (C=O) groups is 3. The van der Waals surface area contributed by atoms with Gasteiger partial charge in [-0.15, -0.1) is 11.8 Å². The van der Waals surface area contributed by atoms with E-state index >= 15 is 0 Å². The van der Waals surface area contributed by atoms with Crippen LogP contribution in [0.2, 0.25) is 0 Å². The fourth-order valence-corrected chi connectivity index (χ4v) is 6.17. The van der Waals surface area contributed by atoms with Crippen molar-refractivity contribution in [2.75, 3.05) is 13.1 Å². The molecule has 7 atom stereocenters. The number of aliphatic hydroxyl groups excluding tert-OH is 1. The Balaban J connectivity index is 1.68. The highest BCUT2D eigenvalue weighted by atomic mass is 32.2. The number of fused-ring (bicyclic) bond motifs is 1. The van der Waals surface area contributed by atoms with Gasteiger partial charge in [-0.25, -0.2) is 4.79 Å². The Hall–Kier alpha value is -1.62. The molecule has 0 aromatic carbocycles. The molecule has 0 radical (unpaired) electrons. The van der Waals surface area contributed by atoms with Crippen LogP contribution in [0, 0.1) is 11.8 Å². The van der Waals surface area contributed by atoms with Gasteiger partial charge in [0.15, 0.2) is 0 Å². The molecular formula is C19H29N3O6S. The number of β-lactam (4-membered cyclic amide) rings is 1. The first-order valence-electron chi connectivity index (χ1n) is 9.91. The maximum absolute atomic E-state index is 12.4. The number of thioether (sulfide) groups is 1. The zero-order valence-corrected chi connectivity index (χ0v) is 17.6. The highest BCUT2D eigenvalue weighted by Crippen LogP contribution is 2.51. The first-order chi connectivity index (χ1) is 13.6. The molecule has 3 rings (SSSR count). The molecule has 0 aromatic rings. The minimum absolute atomic E-state index is 0.0533. The number of hydrogen-bond acceptors (Lipinski definition) is 8. The normalized spacial score (nSPS) is 33.3. The maximum atomic E-state index is 12.4. The molecule has 1 amide bonds. The summed E-state index contributed by atoms with van der Waals surface area (Å²) in [5.41, 5.74) is 5.74. The Kier molecular flexibility index (Phi) is 6.57. The Morgan fingerprint density at radius 3 is 2.69 bits per heavy atom. The molecule has 3 aliphatic heterocycles. The fourth-order valence-electron chi connectivity index (χ4n) is 4.65. The molecule has 0 saturated carbocycles. The molecule has 2 fully saturated rings. The van der Waals surface area contributed by atoms with E-state index < -0.39 is 18.0 Å². The third-order valence-corrected chi connectivity index (χ3v) is 7.44. The second kappa shape index (κ2) is 8.63. The number of rotatable bonds is 8. The summed E-state index contributed by atoms with van der Waals surface area (Å²) < 4.78 is 5.21. The predicted molar refractivity (Wildman–Crippen MR) is 107 cm³/mol. The van der Waals surface area contributed by atoms with E-state index in [4.69, 9.17) is 10.5 Å². The van der Waals surface area contributed by atoms with E-state index in [9.17, 15) is 24.6 Å². The predicted octanol–water partition coefficient (Wildman–Crippen LogP) is -0.116. The number of aliphatic hydroxyl groups is 1. The summed E-state index contributed by atoms with van der Waals surface area (Å²) in [4.78, 5) is 37.5. The largest absolute Gasteiger partial charge is 0.477 e. The van der Waals surface area contributed by atoms with Gasteiger partial charge in [-0.3, -0.25) is 9.59 Å². The number of ether oxygens (including phenoxy) is 1. The number of aliphatic carboxylic acids is 1. The minimum Gasteiger partial charge on any atom is -0.477 e. The quantitative estimate of drug-likeness (QED) is 0.308. The summed E-state index contributed by atoms with van der Waals surface area (Å²) in [7, 11) is 0. The van der Waals surface area contributed by atoms with E-state index in [1.807, 2.05) is 6.92 Å². The van der Waals surface area contributed by atoms with Gasteiger partial charge in [0.25, 0.3) is 0 Å². The molecule has 0 bridgehead atoms. The van der Waals surface area contributed by atoms with Crippen LogP contribution in [-0.4, -0.2) is 75.6 Å². The molecule has 0 aliphatic carbocycles. The highest BCUT2D eigenvalue weighted by Gasteiger charge is 2.60. The molecular weight excluding hydrogens is 398 g/mol. The summed E-state index contributed by atoms with van der Waals surface area (Å²) in [6, 6.07) is -0.179. The summed E-state index contributed by atoms with van der Waals surface area (Å²) in [6.45, 7) is 5.79. The van der Waals surface area contributed by atoms with Crippen LogP contribution in [0.3, 0.4) is 0 Å². The van der Waals surface area contributed by atoms with Crippen molar-refractivity contribution < 1.29 is 29.3 Å². The lowest BCUT2D eigenvalue weighted by Crippen LogP contribution is -2.63. The molecule has 162 valence electrons. The molecule has 3 heterocycles. The van der Waals surface area contributed by atoms with Gasteiger partial charge < -0.3 is 30.9 Å². The molecule has 0 spiro atoms. The third kappa shape index (κ3) is 4.16. The zero-order chi connectivity index (χ0) is 21.5. The molecule has 1 unspecified atom stereocenters. The zero-order valence-electron chi connectivity index (χ0n) is 16.8. The number of carbonyl (C=O) groups excluding carboxylic acids is 2. The number of nitrogens with zero attached hydrogens (tertiary/aromatic N) is 1. The van der Waals surface area contributed by atoms with Gasteiger partial charge in [0.2, 0.25) is 5.91 Å². The Bertz CT molecular complexity index is 727. The summed E-state index contributed by atoms with van der Waals surface area (Å²) in [6.07, 6.45) is 0.228. The molecule has 2 saturated heterocycles. The SMILES string of the molecule is CC(=O)OC(CN)C[C@@H]1C[C@H](SC2=C(C(=O)O)N3C(=O)[C@H]([C@@H](C)O)[C@H]3[C@H]2C)CN1. The molecule has 3 aliphatic rings. The van der Waals surface area contributed by atoms with Crippen molar-refractivity contribution in [2.24, 2.45) is 17.6 Å². The van der Waals surface area contributed by atoms with Crippen molar-refractivity contribution in [2.45, 2.75) is 63.2 Å². The van der Waals surface area contributed by atoms with Crippen molar-refractivity contribution in [1.29, 1.82) is 0 Å². The van der Waals surface area contributed by atoms with Crippen LogP contribution >= 0.6 is 11.8 Å².